The van der Waals surface area contributed by atoms with Gasteiger partial charge in [-0.15, -0.1) is 0 Å². The van der Waals surface area contributed by atoms with Crippen molar-refractivity contribution in [3.05, 3.63) is 113 Å². The van der Waals surface area contributed by atoms with E-state index in [-0.39, 0.29) is 6.61 Å². The lowest BCUT2D eigenvalue weighted by atomic mass is 10.2. The van der Waals surface area contributed by atoms with Crippen LogP contribution in [0.15, 0.2) is 107 Å². The Morgan fingerprint density at radius 3 is 2.29 bits per heavy atom. The lowest BCUT2D eigenvalue weighted by molar-refractivity contribution is 0.279. The molecule has 0 unspecified atom stereocenters. The number of hydrogen-bond acceptors (Lipinski definition) is 8. The van der Waals surface area contributed by atoms with Crippen molar-refractivity contribution in [2.24, 2.45) is 0 Å². The minimum Gasteiger partial charge on any atom is -0.392 e. The number of H-pyrrole nitrogens is 1. The summed E-state index contributed by atoms with van der Waals surface area (Å²) in [7, 11) is 0. The molecule has 0 radical (unpaired) electrons. The van der Waals surface area contributed by atoms with Crippen LogP contribution in [0.5, 0.6) is 0 Å². The van der Waals surface area contributed by atoms with Crippen molar-refractivity contribution in [2.45, 2.75) is 22.9 Å². The van der Waals surface area contributed by atoms with Crippen LogP contribution in [0.25, 0.3) is 38.8 Å². The molecule has 0 amide bonds. The first-order valence-electron chi connectivity index (χ1n) is 13.0. The first-order valence-corrected chi connectivity index (χ1v) is 14.2. The van der Waals surface area contributed by atoms with Crippen molar-refractivity contribution in [1.82, 2.24) is 29.7 Å². The van der Waals surface area contributed by atoms with Gasteiger partial charge in [-0.2, -0.15) is 15.1 Å². The summed E-state index contributed by atoms with van der Waals surface area (Å²) in [5.41, 5.74) is 5.08. The molecule has 0 saturated heterocycles. The van der Waals surface area contributed by atoms with Gasteiger partial charge in [0.15, 0.2) is 11.5 Å². The van der Waals surface area contributed by atoms with Crippen LogP contribution < -0.4 is 5.32 Å². The second kappa shape index (κ2) is 10.7. The monoisotopic (exact) mass is 573 g/mol. The molecule has 3 heterocycles. The predicted molar refractivity (Wildman–Crippen MR) is 165 cm³/mol. The van der Waals surface area contributed by atoms with Gasteiger partial charge >= 0.3 is 0 Å². The lowest BCUT2D eigenvalue weighted by Gasteiger charge is -2.14. The largest absolute Gasteiger partial charge is 0.392 e. The number of aromatic amines is 1. The number of aliphatic hydroxyl groups excluding tert-OH is 1. The van der Waals surface area contributed by atoms with Gasteiger partial charge in [-0.1, -0.05) is 78.5 Å². The van der Waals surface area contributed by atoms with Crippen LogP contribution >= 0.6 is 24.0 Å². The Morgan fingerprint density at radius 2 is 1.46 bits per heavy atom. The lowest BCUT2D eigenvalue weighted by Crippen LogP contribution is -2.08. The molecule has 0 saturated carbocycles. The van der Waals surface area contributed by atoms with Crippen LogP contribution in [-0.4, -0.2) is 34.8 Å². The maximum absolute atomic E-state index is 9.80. The molecule has 3 aromatic heterocycles. The summed E-state index contributed by atoms with van der Waals surface area (Å²) in [4.78, 5) is 16.6. The standard InChI is InChI=1S/C31H23N7OS2/c39-18-20-10-2-8-16-26(20)41-25-15-7-1-9-19(25)17-32-30-33-23-13-5-3-11-21(23)28(34-30)38-24-14-6-4-12-22(24)27-29(38)35-31(40)37-36-27/h1-16,39H,17-18H2,(H,32,33,34)(H,35,37,40). The minimum atomic E-state index is -0.00454. The number of rotatable bonds is 7. The second-order valence-corrected chi connectivity index (χ2v) is 10.9. The van der Waals surface area contributed by atoms with E-state index >= 15 is 0 Å². The number of fused-ring (bicyclic) bond motifs is 4. The molecule has 0 spiro atoms. The second-order valence-electron chi connectivity index (χ2n) is 9.38. The number of nitrogens with one attached hydrogen (secondary N) is 2. The van der Waals surface area contributed by atoms with Crippen molar-refractivity contribution in [3.63, 3.8) is 0 Å². The van der Waals surface area contributed by atoms with E-state index in [0.717, 1.165) is 48.2 Å². The van der Waals surface area contributed by atoms with Gasteiger partial charge in [0.25, 0.3) is 0 Å². The first-order chi connectivity index (χ1) is 20.2. The maximum Gasteiger partial charge on any atom is 0.225 e. The first kappa shape index (κ1) is 25.3. The van der Waals surface area contributed by atoms with Crippen molar-refractivity contribution in [3.8, 4) is 5.82 Å². The fourth-order valence-electron chi connectivity index (χ4n) is 4.95. The van der Waals surface area contributed by atoms with Crippen LogP contribution in [-0.2, 0) is 13.2 Å². The van der Waals surface area contributed by atoms with Gasteiger partial charge < -0.3 is 10.4 Å². The SMILES string of the molecule is OCc1ccccc1Sc1ccccc1CNc1nc(-n2c3ccccc3c3n[nH]c(=S)nc32)c2ccccc2n1. The van der Waals surface area contributed by atoms with Crippen molar-refractivity contribution in [1.29, 1.82) is 0 Å². The number of nitrogens with zero attached hydrogens (tertiary/aromatic N) is 5. The fourth-order valence-corrected chi connectivity index (χ4v) is 6.14. The Bertz CT molecular complexity index is 2120. The number of hydrogen-bond donors (Lipinski definition) is 3. The Morgan fingerprint density at radius 1 is 0.780 bits per heavy atom. The highest BCUT2D eigenvalue weighted by Crippen LogP contribution is 2.34. The normalized spacial score (nSPS) is 11.4. The molecule has 0 aliphatic carbocycles. The van der Waals surface area contributed by atoms with Gasteiger partial charge in [0, 0.05) is 27.1 Å². The summed E-state index contributed by atoms with van der Waals surface area (Å²) < 4.78 is 2.31. The molecule has 7 aromatic rings. The van der Waals surface area contributed by atoms with E-state index in [9.17, 15) is 5.11 Å². The zero-order chi connectivity index (χ0) is 27.8. The number of aliphatic hydroxyl groups is 1. The van der Waals surface area contributed by atoms with Gasteiger partial charge in [-0.3, -0.25) is 9.67 Å². The summed E-state index contributed by atoms with van der Waals surface area (Å²) in [6, 6.07) is 32.1. The van der Waals surface area contributed by atoms with Crippen molar-refractivity contribution >= 4 is 62.9 Å². The average molecular weight is 574 g/mol. The van der Waals surface area contributed by atoms with E-state index < -0.39 is 0 Å². The molecule has 0 bridgehead atoms. The molecular formula is C31H23N7OS2. The van der Waals surface area contributed by atoms with Gasteiger partial charge in [0.05, 0.1) is 17.6 Å². The summed E-state index contributed by atoms with van der Waals surface area (Å²) in [5, 5.41) is 22.4. The Hall–Kier alpha value is -4.64. The highest BCUT2D eigenvalue weighted by molar-refractivity contribution is 7.99. The summed E-state index contributed by atoms with van der Waals surface area (Å²) >= 11 is 6.98. The third-order valence-corrected chi connectivity index (χ3v) is 8.28. The third-order valence-electron chi connectivity index (χ3n) is 6.86. The summed E-state index contributed by atoms with van der Waals surface area (Å²) in [6.45, 7) is 0.510. The fraction of sp³-hybridized carbons (Fsp3) is 0.0645. The Balaban J connectivity index is 1.31. The molecule has 8 nitrogen and oxygen atoms in total. The maximum atomic E-state index is 9.80. The number of aromatic nitrogens is 6. The van der Waals surface area contributed by atoms with Gasteiger partial charge in [0.2, 0.25) is 10.7 Å². The Kier molecular flexibility index (Phi) is 6.63. The van der Waals surface area contributed by atoms with Crippen LogP contribution in [0.1, 0.15) is 11.1 Å². The van der Waals surface area contributed by atoms with Crippen LogP contribution in [0, 0.1) is 4.77 Å². The predicted octanol–water partition coefficient (Wildman–Crippen LogP) is 6.83. The van der Waals surface area contributed by atoms with Crippen molar-refractivity contribution < 1.29 is 5.11 Å². The van der Waals surface area contributed by atoms with E-state index in [4.69, 9.17) is 22.2 Å². The van der Waals surface area contributed by atoms with Crippen LogP contribution in [0.2, 0.25) is 0 Å². The summed E-state index contributed by atoms with van der Waals surface area (Å²) in [6.07, 6.45) is 0. The zero-order valence-corrected chi connectivity index (χ0v) is 23.3. The Labute approximate surface area is 244 Å². The molecule has 7 rings (SSSR count). The summed E-state index contributed by atoms with van der Waals surface area (Å²) in [5.74, 6) is 1.19. The molecule has 200 valence electrons. The van der Waals surface area contributed by atoms with Crippen LogP contribution in [0.4, 0.5) is 5.95 Å². The molecule has 41 heavy (non-hydrogen) atoms. The van der Waals surface area contributed by atoms with Gasteiger partial charge in [-0.25, -0.2) is 4.98 Å². The topological polar surface area (TPSA) is 105 Å². The van der Waals surface area contributed by atoms with Crippen molar-refractivity contribution in [2.75, 3.05) is 5.32 Å². The van der Waals surface area contributed by atoms with E-state index in [2.05, 4.69) is 32.6 Å². The zero-order valence-electron chi connectivity index (χ0n) is 21.7. The number of para-hydroxylation sites is 2. The van der Waals surface area contributed by atoms with E-state index in [1.807, 2.05) is 89.5 Å². The highest BCUT2D eigenvalue weighted by atomic mass is 32.2. The third kappa shape index (κ3) is 4.71. The molecule has 0 aliphatic rings. The van der Waals surface area contributed by atoms with E-state index in [1.54, 1.807) is 11.8 Å². The smallest absolute Gasteiger partial charge is 0.225 e. The molecule has 10 heteroatoms. The van der Waals surface area contributed by atoms with Gasteiger partial charge in [-0.05, 0) is 53.7 Å². The van der Waals surface area contributed by atoms with Gasteiger partial charge in [0.1, 0.15) is 5.52 Å². The molecule has 0 fully saturated rings. The molecule has 4 aromatic carbocycles. The molecule has 0 atom stereocenters. The number of benzene rings is 4. The minimum absolute atomic E-state index is 0.00454. The average Bonchev–Trinajstić information content (AvgIpc) is 3.33. The van der Waals surface area contributed by atoms with E-state index in [1.165, 1.54) is 0 Å². The molecule has 3 N–H and O–H groups in total. The van der Waals surface area contributed by atoms with Crippen LogP contribution in [0.3, 0.4) is 0 Å². The highest BCUT2D eigenvalue weighted by Gasteiger charge is 2.19. The number of anilines is 1. The quantitative estimate of drug-likeness (QED) is 0.178. The molecule has 0 aliphatic heterocycles. The molecular weight excluding hydrogens is 551 g/mol. The van der Waals surface area contributed by atoms with E-state index in [0.29, 0.717) is 28.7 Å².